The zero-order valence-electron chi connectivity index (χ0n) is 11.1. The molecule has 0 bridgehead atoms. The fourth-order valence-corrected chi connectivity index (χ4v) is 2.63. The number of fused-ring (bicyclic) bond motifs is 1. The van der Waals surface area contributed by atoms with Crippen LogP contribution < -0.4 is 5.63 Å². The summed E-state index contributed by atoms with van der Waals surface area (Å²) in [7, 11) is 0. The summed E-state index contributed by atoms with van der Waals surface area (Å²) < 4.78 is 5.35. The van der Waals surface area contributed by atoms with Crippen LogP contribution in [0.3, 0.4) is 0 Å². The van der Waals surface area contributed by atoms with Crippen molar-refractivity contribution < 1.29 is 9.21 Å². The maximum Gasteiger partial charge on any atom is 0.339 e. The first-order valence-electron chi connectivity index (χ1n) is 6.15. The molecule has 0 N–H and O–H groups in total. The highest BCUT2D eigenvalue weighted by Crippen LogP contribution is 2.35. The zero-order chi connectivity index (χ0) is 13.5. The van der Waals surface area contributed by atoms with E-state index < -0.39 is 0 Å². The molecular formula is C15H18O3. The van der Waals surface area contributed by atoms with E-state index in [-0.39, 0.29) is 16.8 Å². The molecule has 1 aromatic heterocycles. The van der Waals surface area contributed by atoms with E-state index in [1.807, 2.05) is 20.8 Å². The molecule has 0 unspecified atom stereocenters. The van der Waals surface area contributed by atoms with E-state index in [0.717, 1.165) is 5.56 Å². The summed E-state index contributed by atoms with van der Waals surface area (Å²) in [5.41, 5.74) is 1.47. The Kier molecular flexibility index (Phi) is 3.01. The third-order valence-corrected chi connectivity index (χ3v) is 3.47. The Hall–Kier alpha value is -1.64. The first-order chi connectivity index (χ1) is 8.35. The largest absolute Gasteiger partial charge is 0.427 e. The predicted molar refractivity (Wildman–Crippen MR) is 70.0 cm³/mol. The van der Waals surface area contributed by atoms with Gasteiger partial charge in [0.25, 0.3) is 0 Å². The van der Waals surface area contributed by atoms with E-state index in [2.05, 4.69) is 6.58 Å². The average Bonchev–Trinajstić information content (AvgIpc) is 2.21. The third kappa shape index (κ3) is 2.05. The zero-order valence-corrected chi connectivity index (χ0v) is 11.1. The van der Waals surface area contributed by atoms with Gasteiger partial charge in [-0.3, -0.25) is 4.79 Å². The van der Waals surface area contributed by atoms with Crippen molar-refractivity contribution in [2.75, 3.05) is 0 Å². The summed E-state index contributed by atoms with van der Waals surface area (Å²) in [6.07, 6.45) is 3.24. The fourth-order valence-electron chi connectivity index (χ4n) is 2.63. The van der Waals surface area contributed by atoms with Crippen LogP contribution in [0.15, 0.2) is 21.9 Å². The van der Waals surface area contributed by atoms with E-state index in [1.54, 1.807) is 6.08 Å². The van der Waals surface area contributed by atoms with E-state index in [4.69, 9.17) is 4.42 Å². The molecule has 0 aromatic carbocycles. The molecule has 3 heteroatoms. The van der Waals surface area contributed by atoms with E-state index in [0.29, 0.717) is 36.1 Å². The number of hydrogen-bond acceptors (Lipinski definition) is 3. The molecule has 96 valence electrons. The Bertz CT molecular complexity index is 576. The Balaban J connectivity index is 2.66. The Morgan fingerprint density at radius 3 is 2.61 bits per heavy atom. The molecule has 1 aromatic rings. The van der Waals surface area contributed by atoms with Gasteiger partial charge < -0.3 is 4.42 Å². The molecule has 0 saturated heterocycles. The highest BCUT2D eigenvalue weighted by Gasteiger charge is 2.34. The Labute approximate surface area is 107 Å². The highest BCUT2D eigenvalue weighted by molar-refractivity contribution is 5.99. The minimum atomic E-state index is -0.336. The van der Waals surface area contributed by atoms with Gasteiger partial charge in [0.1, 0.15) is 5.76 Å². The van der Waals surface area contributed by atoms with Crippen molar-refractivity contribution in [2.45, 2.75) is 40.0 Å². The number of carbonyl (C=O) groups is 1. The lowest BCUT2D eigenvalue weighted by molar-refractivity contribution is 0.0896. The number of carbonyl (C=O) groups excluding carboxylic acids is 1. The Morgan fingerprint density at radius 2 is 2.00 bits per heavy atom. The first-order valence-corrected chi connectivity index (χ1v) is 6.15. The summed E-state index contributed by atoms with van der Waals surface area (Å²) in [5.74, 6) is 0.624. The highest BCUT2D eigenvalue weighted by atomic mass is 16.4. The molecular weight excluding hydrogens is 228 g/mol. The van der Waals surface area contributed by atoms with E-state index in [9.17, 15) is 9.59 Å². The second kappa shape index (κ2) is 4.23. The van der Waals surface area contributed by atoms with Crippen molar-refractivity contribution in [2.24, 2.45) is 5.41 Å². The van der Waals surface area contributed by atoms with E-state index >= 15 is 0 Å². The maximum absolute atomic E-state index is 12.2. The van der Waals surface area contributed by atoms with Crippen molar-refractivity contribution in [3.8, 4) is 0 Å². The van der Waals surface area contributed by atoms with Crippen LogP contribution in [0.4, 0.5) is 0 Å². The first kappa shape index (κ1) is 12.8. The summed E-state index contributed by atoms with van der Waals surface area (Å²) in [6.45, 7) is 9.48. The maximum atomic E-state index is 12.2. The molecule has 1 heterocycles. The molecule has 1 aliphatic rings. The van der Waals surface area contributed by atoms with E-state index in [1.165, 1.54) is 0 Å². The van der Waals surface area contributed by atoms with Crippen LogP contribution >= 0.6 is 0 Å². The van der Waals surface area contributed by atoms with Crippen LogP contribution in [0.2, 0.25) is 0 Å². The predicted octanol–water partition coefficient (Wildman–Crippen LogP) is 2.83. The summed E-state index contributed by atoms with van der Waals surface area (Å²) in [5, 5.41) is 0. The van der Waals surface area contributed by atoms with Crippen molar-refractivity contribution >= 4 is 5.78 Å². The van der Waals surface area contributed by atoms with Crippen LogP contribution in [-0.2, 0) is 12.8 Å². The molecule has 0 spiro atoms. The van der Waals surface area contributed by atoms with Gasteiger partial charge in [0, 0.05) is 18.4 Å². The molecule has 0 amide bonds. The van der Waals surface area contributed by atoms with Gasteiger partial charge in [0.15, 0.2) is 5.78 Å². The smallest absolute Gasteiger partial charge is 0.339 e. The minimum absolute atomic E-state index is 0.0767. The molecule has 18 heavy (non-hydrogen) atoms. The van der Waals surface area contributed by atoms with Gasteiger partial charge in [-0.1, -0.05) is 19.9 Å². The number of allylic oxidation sites excluding steroid dienone is 1. The lowest BCUT2D eigenvalue weighted by Crippen LogP contribution is -2.30. The molecule has 1 aliphatic carbocycles. The molecule has 0 fully saturated rings. The van der Waals surface area contributed by atoms with Gasteiger partial charge in [-0.05, 0) is 24.3 Å². The lowest BCUT2D eigenvalue weighted by Gasteiger charge is -2.29. The SMILES string of the molecule is C=CCc1c(C)c2c(oc1=O)CC(C)(C)CC2=O. The normalized spacial score (nSPS) is 17.4. The second-order valence-corrected chi connectivity index (χ2v) is 5.72. The molecule has 0 saturated carbocycles. The van der Waals surface area contributed by atoms with Gasteiger partial charge in [-0.25, -0.2) is 4.79 Å². The minimum Gasteiger partial charge on any atom is -0.427 e. The topological polar surface area (TPSA) is 47.3 Å². The van der Waals surface area contributed by atoms with Gasteiger partial charge in [-0.2, -0.15) is 0 Å². The average molecular weight is 246 g/mol. The Morgan fingerprint density at radius 1 is 1.33 bits per heavy atom. The fraction of sp³-hybridized carbons (Fsp3) is 0.467. The molecule has 0 radical (unpaired) electrons. The number of rotatable bonds is 2. The standard InChI is InChI=1S/C15H18O3/c1-5-6-10-9(2)13-11(16)7-15(3,4)8-12(13)18-14(10)17/h5H,1,6-8H2,2-4H3. The molecule has 2 rings (SSSR count). The summed E-state index contributed by atoms with van der Waals surface area (Å²) in [4.78, 5) is 24.1. The van der Waals surface area contributed by atoms with Gasteiger partial charge in [0.2, 0.25) is 0 Å². The lowest BCUT2D eigenvalue weighted by atomic mass is 9.75. The third-order valence-electron chi connectivity index (χ3n) is 3.47. The van der Waals surface area contributed by atoms with Crippen molar-refractivity contribution in [1.82, 2.24) is 0 Å². The second-order valence-electron chi connectivity index (χ2n) is 5.72. The quantitative estimate of drug-likeness (QED) is 0.754. The van der Waals surface area contributed by atoms with Crippen LogP contribution in [0.25, 0.3) is 0 Å². The number of Topliss-reactive ketones (excluding diaryl/α,β-unsaturated/α-hetero) is 1. The van der Waals surface area contributed by atoms with Gasteiger partial charge >= 0.3 is 5.63 Å². The monoisotopic (exact) mass is 246 g/mol. The van der Waals surface area contributed by atoms with Crippen LogP contribution in [0.1, 0.15) is 47.5 Å². The van der Waals surface area contributed by atoms with Gasteiger partial charge in [-0.15, -0.1) is 6.58 Å². The van der Waals surface area contributed by atoms with Gasteiger partial charge in [0.05, 0.1) is 5.56 Å². The number of ketones is 1. The molecule has 0 atom stereocenters. The van der Waals surface area contributed by atoms with Crippen molar-refractivity contribution in [3.63, 3.8) is 0 Å². The summed E-state index contributed by atoms with van der Waals surface area (Å²) in [6, 6.07) is 0. The van der Waals surface area contributed by atoms with Crippen LogP contribution in [0.5, 0.6) is 0 Å². The van der Waals surface area contributed by atoms with Crippen LogP contribution in [0, 0.1) is 12.3 Å². The van der Waals surface area contributed by atoms with Crippen molar-refractivity contribution in [3.05, 3.63) is 45.5 Å². The van der Waals surface area contributed by atoms with Crippen molar-refractivity contribution in [1.29, 1.82) is 0 Å². The summed E-state index contributed by atoms with van der Waals surface area (Å²) >= 11 is 0. The molecule has 3 nitrogen and oxygen atoms in total. The number of hydrogen-bond donors (Lipinski definition) is 0. The van der Waals surface area contributed by atoms with Crippen LogP contribution in [-0.4, -0.2) is 5.78 Å². The molecule has 0 aliphatic heterocycles.